The molecule has 0 heterocycles. The zero-order chi connectivity index (χ0) is 8.32. The maximum atomic E-state index is 10.6. The summed E-state index contributed by atoms with van der Waals surface area (Å²) in [5.41, 5.74) is 4.86. The van der Waals surface area contributed by atoms with Crippen LogP contribution >= 0.6 is 7.67 Å². The van der Waals surface area contributed by atoms with Crippen LogP contribution in [-0.2, 0) is 4.57 Å². The highest BCUT2D eigenvalue weighted by molar-refractivity contribution is 7.51. The third kappa shape index (κ3) is 3.87. The van der Waals surface area contributed by atoms with Gasteiger partial charge in [-0.1, -0.05) is 19.3 Å². The third-order valence-corrected chi connectivity index (χ3v) is 2.69. The summed E-state index contributed by atoms with van der Waals surface area (Å²) in [5.74, 6) is 0. The molecule has 5 heteroatoms. The largest absolute Gasteiger partial charge is 0.776 e. The van der Waals surface area contributed by atoms with E-state index in [1.54, 1.807) is 0 Å². The Morgan fingerprint density at radius 2 is 1.91 bits per heavy atom. The molecule has 1 unspecified atom stereocenters. The van der Waals surface area contributed by atoms with Crippen LogP contribution in [0.25, 0.3) is 0 Å². The van der Waals surface area contributed by atoms with Crippen LogP contribution in [0.15, 0.2) is 0 Å². The Balaban J connectivity index is 2.30. The van der Waals surface area contributed by atoms with Gasteiger partial charge in [0.1, 0.15) is 7.67 Å². The van der Waals surface area contributed by atoms with Crippen LogP contribution in [0.4, 0.5) is 0 Å². The van der Waals surface area contributed by atoms with Crippen molar-refractivity contribution in [2.75, 3.05) is 0 Å². The van der Waals surface area contributed by atoms with Crippen LogP contribution in [-0.4, -0.2) is 6.04 Å². The van der Waals surface area contributed by atoms with E-state index in [-0.39, 0.29) is 6.04 Å². The summed E-state index contributed by atoms with van der Waals surface area (Å²) >= 11 is 0. The van der Waals surface area contributed by atoms with Gasteiger partial charge >= 0.3 is 0 Å². The topological polar surface area (TPSA) is 78.2 Å². The molecule has 11 heavy (non-hydrogen) atoms. The first-order valence-electron chi connectivity index (χ1n) is 3.95. The van der Waals surface area contributed by atoms with Crippen LogP contribution in [0.1, 0.15) is 32.1 Å². The maximum Gasteiger partial charge on any atom is 0.141 e. The van der Waals surface area contributed by atoms with Crippen molar-refractivity contribution in [3.63, 3.8) is 0 Å². The maximum absolute atomic E-state index is 10.6. The Bertz CT molecular complexity index is 162. The van der Waals surface area contributed by atoms with E-state index >= 15 is 0 Å². The lowest BCUT2D eigenvalue weighted by atomic mass is 9.96. The molecule has 0 bridgehead atoms. The van der Waals surface area contributed by atoms with Crippen molar-refractivity contribution < 1.29 is 9.46 Å². The van der Waals surface area contributed by atoms with Crippen molar-refractivity contribution in [2.24, 2.45) is 5.50 Å². The van der Waals surface area contributed by atoms with Gasteiger partial charge in [0, 0.05) is 6.04 Å². The van der Waals surface area contributed by atoms with Crippen molar-refractivity contribution in [1.29, 1.82) is 0 Å². The lowest BCUT2D eigenvalue weighted by Crippen LogP contribution is -2.35. The zero-order valence-electron chi connectivity index (χ0n) is 6.45. The molecule has 0 aliphatic heterocycles. The summed E-state index contributed by atoms with van der Waals surface area (Å²) in [5, 5.41) is 2.44. The van der Waals surface area contributed by atoms with Gasteiger partial charge in [-0.3, -0.25) is 10.6 Å². The Hall–Kier alpha value is 0.110. The summed E-state index contributed by atoms with van der Waals surface area (Å²) in [6, 6.07) is 0.0945. The molecule has 0 aromatic rings. The molecular weight excluding hydrogens is 163 g/mol. The van der Waals surface area contributed by atoms with E-state index in [1.165, 1.54) is 6.42 Å². The van der Waals surface area contributed by atoms with Crippen LogP contribution in [0.2, 0.25) is 0 Å². The first-order valence-corrected chi connectivity index (χ1v) is 5.65. The standard InChI is InChI=1S/C6H15N2O2P/c7-11(9,10)8-6-4-2-1-3-5-6/h6H,1-5H2,(H4,7,8,9,10)/p-1. The second-order valence-corrected chi connectivity index (χ2v) is 4.51. The number of hydrogen-bond acceptors (Lipinski definition) is 2. The molecule has 66 valence electrons. The van der Waals surface area contributed by atoms with Crippen LogP contribution in [0.5, 0.6) is 0 Å². The predicted molar refractivity (Wildman–Crippen MR) is 41.8 cm³/mol. The van der Waals surface area contributed by atoms with E-state index in [0.717, 1.165) is 25.7 Å². The molecule has 1 fully saturated rings. The van der Waals surface area contributed by atoms with E-state index in [9.17, 15) is 9.46 Å². The molecule has 1 atom stereocenters. The van der Waals surface area contributed by atoms with E-state index in [0.29, 0.717) is 0 Å². The third-order valence-electron chi connectivity index (χ3n) is 1.97. The highest BCUT2D eigenvalue weighted by Crippen LogP contribution is 2.25. The Morgan fingerprint density at radius 3 is 2.36 bits per heavy atom. The molecule has 1 aliphatic carbocycles. The molecular formula is C6H14N2O2P-. The molecule has 0 radical (unpaired) electrons. The van der Waals surface area contributed by atoms with Crippen LogP contribution in [0, 0.1) is 0 Å². The minimum absolute atomic E-state index is 0.0945. The number of hydrogen-bond donors (Lipinski definition) is 2. The second-order valence-electron chi connectivity index (χ2n) is 3.06. The van der Waals surface area contributed by atoms with Crippen LogP contribution in [0.3, 0.4) is 0 Å². The fourth-order valence-corrected chi connectivity index (χ4v) is 2.25. The van der Waals surface area contributed by atoms with Crippen molar-refractivity contribution in [3.05, 3.63) is 0 Å². The van der Waals surface area contributed by atoms with Gasteiger partial charge in [0.2, 0.25) is 0 Å². The van der Waals surface area contributed by atoms with Gasteiger partial charge in [-0.05, 0) is 12.8 Å². The van der Waals surface area contributed by atoms with E-state index in [2.05, 4.69) is 5.09 Å². The van der Waals surface area contributed by atoms with Gasteiger partial charge in [0.05, 0.1) is 0 Å². The predicted octanol–water partition coefficient (Wildman–Crippen LogP) is 0.336. The summed E-state index contributed by atoms with van der Waals surface area (Å²) < 4.78 is 10.6. The first kappa shape index (κ1) is 9.20. The normalized spacial score (nSPS) is 26.4. The number of rotatable bonds is 2. The minimum atomic E-state index is -3.73. The van der Waals surface area contributed by atoms with E-state index < -0.39 is 7.67 Å². The SMILES string of the molecule is NP(=O)([O-])NC1CCCCC1. The van der Waals surface area contributed by atoms with Gasteiger partial charge in [-0.25, -0.2) is 0 Å². The second kappa shape index (κ2) is 3.68. The summed E-state index contributed by atoms with van der Waals surface area (Å²) in [6.45, 7) is 0. The van der Waals surface area contributed by atoms with Gasteiger partial charge in [0.15, 0.2) is 0 Å². The molecule has 0 saturated heterocycles. The average Bonchev–Trinajstić information content (AvgIpc) is 1.85. The fraction of sp³-hybridized carbons (Fsp3) is 1.00. The van der Waals surface area contributed by atoms with Crippen LogP contribution < -0.4 is 15.5 Å². The number of nitrogens with one attached hydrogen (secondary N) is 1. The van der Waals surface area contributed by atoms with Crippen molar-refractivity contribution >= 4 is 7.67 Å². The molecule has 1 saturated carbocycles. The Labute approximate surface area is 66.7 Å². The van der Waals surface area contributed by atoms with E-state index in [1.807, 2.05) is 0 Å². The van der Waals surface area contributed by atoms with Crippen molar-refractivity contribution in [3.8, 4) is 0 Å². The van der Waals surface area contributed by atoms with Gasteiger partial charge in [-0.15, -0.1) is 0 Å². The lowest BCUT2D eigenvalue weighted by molar-refractivity contribution is -0.179. The van der Waals surface area contributed by atoms with Gasteiger partial charge < -0.3 is 9.46 Å². The molecule has 1 rings (SSSR count). The van der Waals surface area contributed by atoms with Crippen molar-refractivity contribution in [2.45, 2.75) is 38.1 Å². The van der Waals surface area contributed by atoms with E-state index in [4.69, 9.17) is 5.50 Å². The summed E-state index contributed by atoms with van der Waals surface area (Å²) in [4.78, 5) is 10.6. The minimum Gasteiger partial charge on any atom is -0.776 e. The highest BCUT2D eigenvalue weighted by atomic mass is 31.2. The summed E-state index contributed by atoms with van der Waals surface area (Å²) in [7, 11) is -3.73. The van der Waals surface area contributed by atoms with Crippen molar-refractivity contribution in [1.82, 2.24) is 5.09 Å². The molecule has 0 amide bonds. The monoisotopic (exact) mass is 177 g/mol. The molecule has 3 N–H and O–H groups in total. The molecule has 0 spiro atoms. The summed E-state index contributed by atoms with van der Waals surface area (Å²) in [6.07, 6.45) is 5.30. The zero-order valence-corrected chi connectivity index (χ0v) is 7.35. The molecule has 0 aromatic heterocycles. The van der Waals surface area contributed by atoms with Gasteiger partial charge in [0.25, 0.3) is 0 Å². The quantitative estimate of drug-likeness (QED) is 0.596. The smallest absolute Gasteiger partial charge is 0.141 e. The molecule has 4 nitrogen and oxygen atoms in total. The van der Waals surface area contributed by atoms with Gasteiger partial charge in [-0.2, -0.15) is 0 Å². The molecule has 0 aromatic carbocycles. The fourth-order valence-electron chi connectivity index (χ4n) is 1.49. The highest BCUT2D eigenvalue weighted by Gasteiger charge is 2.15. The Morgan fingerprint density at radius 1 is 1.36 bits per heavy atom. The molecule has 1 aliphatic rings. The number of nitrogens with two attached hydrogens (primary N) is 1. The Kier molecular flexibility index (Phi) is 3.07. The lowest BCUT2D eigenvalue weighted by Gasteiger charge is -2.28. The average molecular weight is 177 g/mol. The first-order chi connectivity index (χ1) is 5.08.